The van der Waals surface area contributed by atoms with Crippen molar-refractivity contribution in [2.75, 3.05) is 6.54 Å². The Kier molecular flexibility index (Phi) is 10.7. The van der Waals surface area contributed by atoms with Crippen molar-refractivity contribution in [2.24, 2.45) is 17.6 Å². The Morgan fingerprint density at radius 1 is 0.903 bits per heavy atom. The van der Waals surface area contributed by atoms with E-state index >= 15 is 0 Å². The topological polar surface area (TPSA) is 151 Å². The smallest absolute Gasteiger partial charge is 0.322 e. The van der Waals surface area contributed by atoms with Gasteiger partial charge in [0, 0.05) is 6.42 Å². The van der Waals surface area contributed by atoms with E-state index in [9.17, 15) is 19.2 Å². The lowest BCUT2D eigenvalue weighted by Crippen LogP contribution is -2.57. The number of carbonyl (C=O) groups excluding carboxylic acids is 3. The molecule has 0 heterocycles. The van der Waals surface area contributed by atoms with Gasteiger partial charge in [0.05, 0.1) is 6.04 Å². The molecule has 1 aromatic rings. The minimum atomic E-state index is -1.18. The Morgan fingerprint density at radius 2 is 1.48 bits per heavy atom. The summed E-state index contributed by atoms with van der Waals surface area (Å²) in [6, 6.07) is 6.51. The molecule has 0 fully saturated rings. The van der Waals surface area contributed by atoms with Gasteiger partial charge in [-0.15, -0.1) is 0 Å². The minimum Gasteiger partial charge on any atom is -0.480 e. The van der Waals surface area contributed by atoms with Crippen molar-refractivity contribution in [1.82, 2.24) is 16.0 Å². The Hall–Kier alpha value is -2.94. The molecule has 3 unspecified atom stereocenters. The summed E-state index contributed by atoms with van der Waals surface area (Å²) in [5.74, 6) is -2.81. The second kappa shape index (κ2) is 12.7. The third-order valence-corrected chi connectivity index (χ3v) is 4.69. The first-order valence-electron chi connectivity index (χ1n) is 10.4. The maximum absolute atomic E-state index is 13.0. The van der Waals surface area contributed by atoms with Crippen LogP contribution in [0.4, 0.5) is 0 Å². The number of benzene rings is 1. The van der Waals surface area contributed by atoms with E-state index in [1.807, 2.05) is 58.0 Å². The number of hydrogen-bond donors (Lipinski definition) is 5. The van der Waals surface area contributed by atoms with E-state index in [-0.39, 0.29) is 18.3 Å². The first kappa shape index (κ1) is 26.1. The van der Waals surface area contributed by atoms with Crippen molar-refractivity contribution in [1.29, 1.82) is 0 Å². The molecule has 0 bridgehead atoms. The zero-order chi connectivity index (χ0) is 23.6. The highest BCUT2D eigenvalue weighted by Crippen LogP contribution is 2.09. The number of carboxylic acids is 1. The van der Waals surface area contributed by atoms with Crippen molar-refractivity contribution < 1.29 is 24.3 Å². The number of hydrogen-bond acceptors (Lipinski definition) is 5. The van der Waals surface area contributed by atoms with Crippen LogP contribution in [0.25, 0.3) is 0 Å². The Labute approximate surface area is 183 Å². The lowest BCUT2D eigenvalue weighted by molar-refractivity contribution is -0.138. The summed E-state index contributed by atoms with van der Waals surface area (Å²) in [6.45, 7) is 6.84. The maximum atomic E-state index is 13.0. The zero-order valence-electron chi connectivity index (χ0n) is 18.6. The summed E-state index contributed by atoms with van der Waals surface area (Å²) in [4.78, 5) is 48.7. The molecule has 0 aliphatic rings. The predicted molar refractivity (Wildman–Crippen MR) is 117 cm³/mol. The molecule has 9 nitrogen and oxygen atoms in total. The minimum absolute atomic E-state index is 0.0670. The molecule has 0 aromatic heterocycles. The zero-order valence-corrected chi connectivity index (χ0v) is 18.6. The molecule has 0 saturated heterocycles. The molecule has 0 spiro atoms. The number of amides is 3. The van der Waals surface area contributed by atoms with Gasteiger partial charge in [0.15, 0.2) is 0 Å². The molecule has 0 radical (unpaired) electrons. The van der Waals surface area contributed by atoms with Crippen LogP contribution in [-0.2, 0) is 25.6 Å². The third kappa shape index (κ3) is 9.61. The van der Waals surface area contributed by atoms with E-state index in [2.05, 4.69) is 16.0 Å². The van der Waals surface area contributed by atoms with E-state index in [0.717, 1.165) is 5.56 Å². The van der Waals surface area contributed by atoms with Crippen molar-refractivity contribution in [2.45, 2.75) is 58.7 Å². The molecule has 0 aliphatic carbocycles. The maximum Gasteiger partial charge on any atom is 0.322 e. The van der Waals surface area contributed by atoms with Crippen LogP contribution in [0, 0.1) is 11.8 Å². The van der Waals surface area contributed by atoms with Gasteiger partial charge in [-0.2, -0.15) is 0 Å². The van der Waals surface area contributed by atoms with Crippen LogP contribution in [0.5, 0.6) is 0 Å². The number of carboxylic acid groups (broad SMARTS) is 1. The highest BCUT2D eigenvalue weighted by atomic mass is 16.4. The fourth-order valence-corrected chi connectivity index (χ4v) is 2.89. The van der Waals surface area contributed by atoms with Crippen molar-refractivity contribution in [3.05, 3.63) is 35.9 Å². The molecular formula is C22H34N4O5. The van der Waals surface area contributed by atoms with Crippen LogP contribution in [0.1, 0.15) is 39.7 Å². The van der Waals surface area contributed by atoms with Gasteiger partial charge in [-0.05, 0) is 23.8 Å². The molecule has 0 aliphatic heterocycles. The first-order valence-corrected chi connectivity index (χ1v) is 10.4. The summed E-state index contributed by atoms with van der Waals surface area (Å²) in [5, 5.41) is 16.4. The van der Waals surface area contributed by atoms with Crippen molar-refractivity contribution >= 4 is 23.7 Å². The number of aliphatic carboxylic acids is 1. The third-order valence-electron chi connectivity index (χ3n) is 4.69. The van der Waals surface area contributed by atoms with Crippen molar-refractivity contribution in [3.8, 4) is 0 Å². The standard InChI is InChI=1S/C22H34N4O5/c1-13(2)10-16(20(29)24-12-18(27)28)25-21(30)17(11-15-8-6-5-7-9-15)26-22(31)19(23)14(3)4/h5-9,13-14,16-17,19H,10-12,23H2,1-4H3,(H,24,29)(H,25,30)(H,26,31)(H,27,28). The highest BCUT2D eigenvalue weighted by molar-refractivity contribution is 5.93. The van der Waals surface area contributed by atoms with E-state index in [4.69, 9.17) is 10.8 Å². The summed E-state index contributed by atoms with van der Waals surface area (Å²) >= 11 is 0. The molecule has 31 heavy (non-hydrogen) atoms. The van der Waals surface area contributed by atoms with Gasteiger partial charge in [0.2, 0.25) is 17.7 Å². The molecule has 3 atom stereocenters. The highest BCUT2D eigenvalue weighted by Gasteiger charge is 2.29. The van der Waals surface area contributed by atoms with Crippen molar-refractivity contribution in [3.63, 3.8) is 0 Å². The van der Waals surface area contributed by atoms with Crippen LogP contribution < -0.4 is 21.7 Å². The van der Waals surface area contributed by atoms with Crippen LogP contribution in [-0.4, -0.2) is 53.5 Å². The van der Waals surface area contributed by atoms with Gasteiger partial charge in [-0.25, -0.2) is 0 Å². The molecule has 3 amide bonds. The van der Waals surface area contributed by atoms with Gasteiger partial charge >= 0.3 is 5.97 Å². The van der Waals surface area contributed by atoms with Gasteiger partial charge in [-0.3, -0.25) is 19.2 Å². The lowest BCUT2D eigenvalue weighted by atomic mass is 10.00. The number of carbonyl (C=O) groups is 4. The van der Waals surface area contributed by atoms with E-state index < -0.39 is 48.4 Å². The monoisotopic (exact) mass is 434 g/mol. The number of nitrogens with one attached hydrogen (secondary N) is 3. The average molecular weight is 435 g/mol. The molecule has 1 aromatic carbocycles. The Bertz CT molecular complexity index is 752. The molecule has 1 rings (SSSR count). The second-order valence-electron chi connectivity index (χ2n) is 8.32. The van der Waals surface area contributed by atoms with Crippen LogP contribution in [0.2, 0.25) is 0 Å². The second-order valence-corrected chi connectivity index (χ2v) is 8.32. The van der Waals surface area contributed by atoms with E-state index in [1.165, 1.54) is 0 Å². The first-order chi connectivity index (χ1) is 14.5. The fourth-order valence-electron chi connectivity index (χ4n) is 2.89. The summed E-state index contributed by atoms with van der Waals surface area (Å²) in [6.07, 6.45) is 0.531. The van der Waals surface area contributed by atoms with Gasteiger partial charge in [-0.1, -0.05) is 58.0 Å². The molecular weight excluding hydrogens is 400 g/mol. The largest absolute Gasteiger partial charge is 0.480 e. The number of nitrogens with two attached hydrogens (primary N) is 1. The van der Waals surface area contributed by atoms with Crippen LogP contribution in [0.3, 0.4) is 0 Å². The summed E-state index contributed by atoms with van der Waals surface area (Å²) < 4.78 is 0. The summed E-state index contributed by atoms with van der Waals surface area (Å²) in [5.41, 5.74) is 6.75. The number of rotatable bonds is 12. The molecule has 172 valence electrons. The van der Waals surface area contributed by atoms with Gasteiger partial charge < -0.3 is 26.8 Å². The van der Waals surface area contributed by atoms with E-state index in [0.29, 0.717) is 6.42 Å². The van der Waals surface area contributed by atoms with Gasteiger partial charge in [0.1, 0.15) is 18.6 Å². The van der Waals surface area contributed by atoms with Gasteiger partial charge in [0.25, 0.3) is 0 Å². The van der Waals surface area contributed by atoms with Crippen LogP contribution in [0.15, 0.2) is 30.3 Å². The fraction of sp³-hybridized carbons (Fsp3) is 0.545. The predicted octanol–water partition coefficient (Wildman–Crippen LogP) is 0.429. The van der Waals surface area contributed by atoms with Crippen LogP contribution >= 0.6 is 0 Å². The quantitative estimate of drug-likeness (QED) is 0.322. The normalized spacial score (nSPS) is 13.9. The lowest BCUT2D eigenvalue weighted by Gasteiger charge is -2.25. The summed E-state index contributed by atoms with van der Waals surface area (Å²) in [7, 11) is 0. The Balaban J connectivity index is 3.01. The SMILES string of the molecule is CC(C)CC(NC(=O)C(Cc1ccccc1)NC(=O)C(N)C(C)C)C(=O)NCC(=O)O. The molecule has 9 heteroatoms. The Morgan fingerprint density at radius 3 is 2.00 bits per heavy atom. The van der Waals surface area contributed by atoms with E-state index in [1.54, 1.807) is 0 Å². The molecule has 0 saturated carbocycles. The molecule has 6 N–H and O–H groups in total. The average Bonchev–Trinajstić information content (AvgIpc) is 2.70.